The second kappa shape index (κ2) is 6.10. The van der Waals surface area contributed by atoms with Crippen LogP contribution in [0.3, 0.4) is 0 Å². The summed E-state index contributed by atoms with van der Waals surface area (Å²) in [6.45, 7) is 3.59. The molecule has 1 fully saturated rings. The van der Waals surface area contributed by atoms with Crippen LogP contribution in [0.1, 0.15) is 28.9 Å². The first-order valence-electron chi connectivity index (χ1n) is 7.37. The van der Waals surface area contributed by atoms with Gasteiger partial charge in [0.25, 0.3) is 5.91 Å². The lowest BCUT2D eigenvalue weighted by Gasteiger charge is -2.10. The predicted octanol–water partition coefficient (Wildman–Crippen LogP) is 1.66. The Balaban J connectivity index is 1.70. The number of hydrogen-bond acceptors (Lipinski definition) is 3. The van der Waals surface area contributed by atoms with Gasteiger partial charge >= 0.3 is 0 Å². The molecule has 1 aromatic heterocycles. The Kier molecular flexibility index (Phi) is 4.01. The zero-order valence-corrected chi connectivity index (χ0v) is 12.2. The molecule has 5 heteroatoms. The van der Waals surface area contributed by atoms with Crippen LogP contribution in [0.25, 0.3) is 5.69 Å². The number of carbonyl (C=O) groups is 1. The fourth-order valence-electron chi connectivity index (χ4n) is 2.64. The predicted molar refractivity (Wildman–Crippen MR) is 81.7 cm³/mol. The standard InChI is InChI=1S/C16H20N4O/c1-12-15(16(21)18-10-13-6-5-9-17-13)11-20(19-12)14-7-3-2-4-8-14/h2-4,7-8,11,13,17H,5-6,9-10H2,1H3,(H,18,21). The Hall–Kier alpha value is -2.14. The zero-order chi connectivity index (χ0) is 14.7. The van der Waals surface area contributed by atoms with Gasteiger partial charge in [0.05, 0.1) is 16.9 Å². The van der Waals surface area contributed by atoms with E-state index in [1.54, 1.807) is 10.9 Å². The molecule has 0 saturated carbocycles. The molecule has 110 valence electrons. The molecule has 1 aliphatic rings. The number of rotatable bonds is 4. The van der Waals surface area contributed by atoms with E-state index in [1.165, 1.54) is 6.42 Å². The minimum absolute atomic E-state index is 0.0524. The molecule has 2 aromatic rings. The van der Waals surface area contributed by atoms with Crippen molar-refractivity contribution in [1.82, 2.24) is 20.4 Å². The van der Waals surface area contributed by atoms with Crippen molar-refractivity contribution in [1.29, 1.82) is 0 Å². The first-order chi connectivity index (χ1) is 10.2. The number of nitrogens with zero attached hydrogens (tertiary/aromatic N) is 2. The number of nitrogens with one attached hydrogen (secondary N) is 2. The van der Waals surface area contributed by atoms with Gasteiger partial charge in [-0.3, -0.25) is 4.79 Å². The van der Waals surface area contributed by atoms with Crippen molar-refractivity contribution in [2.75, 3.05) is 13.1 Å². The van der Waals surface area contributed by atoms with Crippen molar-refractivity contribution < 1.29 is 4.79 Å². The molecule has 1 saturated heterocycles. The van der Waals surface area contributed by atoms with Gasteiger partial charge < -0.3 is 10.6 Å². The van der Waals surface area contributed by atoms with E-state index in [0.29, 0.717) is 18.2 Å². The first kappa shape index (κ1) is 13.8. The van der Waals surface area contributed by atoms with E-state index in [9.17, 15) is 4.79 Å². The molecule has 1 amide bonds. The normalized spacial score (nSPS) is 17.9. The third kappa shape index (κ3) is 3.13. The smallest absolute Gasteiger partial charge is 0.254 e. The summed E-state index contributed by atoms with van der Waals surface area (Å²) >= 11 is 0. The highest BCUT2D eigenvalue weighted by Crippen LogP contribution is 2.12. The lowest BCUT2D eigenvalue weighted by Crippen LogP contribution is -2.37. The SMILES string of the molecule is Cc1nn(-c2ccccc2)cc1C(=O)NCC1CCCN1. The molecule has 21 heavy (non-hydrogen) atoms. The second-order valence-electron chi connectivity index (χ2n) is 5.41. The number of para-hydroxylation sites is 1. The van der Waals surface area contributed by atoms with Crippen molar-refractivity contribution in [3.63, 3.8) is 0 Å². The monoisotopic (exact) mass is 284 g/mol. The van der Waals surface area contributed by atoms with Crippen LogP contribution in [-0.2, 0) is 0 Å². The van der Waals surface area contributed by atoms with E-state index in [-0.39, 0.29) is 5.91 Å². The summed E-state index contributed by atoms with van der Waals surface area (Å²) < 4.78 is 1.75. The molecule has 0 bridgehead atoms. The van der Waals surface area contributed by atoms with E-state index in [2.05, 4.69) is 15.7 Å². The first-order valence-corrected chi connectivity index (χ1v) is 7.37. The van der Waals surface area contributed by atoms with Gasteiger partial charge in [-0.1, -0.05) is 18.2 Å². The van der Waals surface area contributed by atoms with Crippen LogP contribution < -0.4 is 10.6 Å². The van der Waals surface area contributed by atoms with Crippen molar-refractivity contribution in [3.8, 4) is 5.69 Å². The molecule has 1 aromatic carbocycles. The molecule has 1 atom stereocenters. The molecule has 2 heterocycles. The maximum absolute atomic E-state index is 12.3. The fourth-order valence-corrected chi connectivity index (χ4v) is 2.64. The van der Waals surface area contributed by atoms with Gasteiger partial charge in [0, 0.05) is 18.8 Å². The highest BCUT2D eigenvalue weighted by Gasteiger charge is 2.18. The van der Waals surface area contributed by atoms with Crippen LogP contribution in [0.15, 0.2) is 36.5 Å². The molecule has 2 N–H and O–H groups in total. The molecule has 1 aliphatic heterocycles. The van der Waals surface area contributed by atoms with E-state index in [4.69, 9.17) is 0 Å². The van der Waals surface area contributed by atoms with Gasteiger partial charge in [0.15, 0.2) is 0 Å². The van der Waals surface area contributed by atoms with Crippen LogP contribution in [0.2, 0.25) is 0 Å². The molecular formula is C16H20N4O. The average Bonchev–Trinajstić information content (AvgIpc) is 3.15. The molecule has 0 radical (unpaired) electrons. The number of carbonyl (C=O) groups excluding carboxylic acids is 1. The van der Waals surface area contributed by atoms with Crippen LogP contribution in [-0.4, -0.2) is 34.8 Å². The molecular weight excluding hydrogens is 264 g/mol. The van der Waals surface area contributed by atoms with E-state index < -0.39 is 0 Å². The van der Waals surface area contributed by atoms with Crippen molar-refractivity contribution >= 4 is 5.91 Å². The van der Waals surface area contributed by atoms with Gasteiger partial charge in [0.1, 0.15) is 0 Å². The number of hydrogen-bond donors (Lipinski definition) is 2. The van der Waals surface area contributed by atoms with Crippen LogP contribution in [0.4, 0.5) is 0 Å². The van der Waals surface area contributed by atoms with Crippen LogP contribution >= 0.6 is 0 Å². The number of aryl methyl sites for hydroxylation is 1. The minimum Gasteiger partial charge on any atom is -0.350 e. The molecule has 5 nitrogen and oxygen atoms in total. The Morgan fingerprint density at radius 3 is 2.95 bits per heavy atom. The number of amides is 1. The highest BCUT2D eigenvalue weighted by atomic mass is 16.1. The van der Waals surface area contributed by atoms with Gasteiger partial charge in [-0.2, -0.15) is 5.10 Å². The van der Waals surface area contributed by atoms with Gasteiger partial charge in [-0.05, 0) is 38.4 Å². The number of benzene rings is 1. The van der Waals surface area contributed by atoms with Crippen LogP contribution in [0, 0.1) is 6.92 Å². The zero-order valence-electron chi connectivity index (χ0n) is 12.2. The van der Waals surface area contributed by atoms with E-state index in [0.717, 1.165) is 24.3 Å². The molecule has 1 unspecified atom stereocenters. The average molecular weight is 284 g/mol. The molecule has 0 aliphatic carbocycles. The molecule has 0 spiro atoms. The van der Waals surface area contributed by atoms with Gasteiger partial charge in [0.2, 0.25) is 0 Å². The fraction of sp³-hybridized carbons (Fsp3) is 0.375. The summed E-state index contributed by atoms with van der Waals surface area (Å²) in [6, 6.07) is 10.2. The summed E-state index contributed by atoms with van der Waals surface area (Å²) in [5.41, 5.74) is 2.34. The summed E-state index contributed by atoms with van der Waals surface area (Å²) in [7, 11) is 0. The highest BCUT2D eigenvalue weighted by molar-refractivity contribution is 5.95. The van der Waals surface area contributed by atoms with Crippen molar-refractivity contribution in [2.45, 2.75) is 25.8 Å². The Bertz CT molecular complexity index is 614. The van der Waals surface area contributed by atoms with E-state index >= 15 is 0 Å². The van der Waals surface area contributed by atoms with E-state index in [1.807, 2.05) is 37.3 Å². The maximum atomic E-state index is 12.3. The Morgan fingerprint density at radius 1 is 1.43 bits per heavy atom. The number of aromatic nitrogens is 2. The van der Waals surface area contributed by atoms with Crippen LogP contribution in [0.5, 0.6) is 0 Å². The van der Waals surface area contributed by atoms with Gasteiger partial charge in [-0.25, -0.2) is 4.68 Å². The third-order valence-electron chi connectivity index (χ3n) is 3.84. The minimum atomic E-state index is -0.0524. The third-order valence-corrected chi connectivity index (χ3v) is 3.84. The van der Waals surface area contributed by atoms with Crippen molar-refractivity contribution in [3.05, 3.63) is 47.8 Å². The largest absolute Gasteiger partial charge is 0.350 e. The quantitative estimate of drug-likeness (QED) is 0.898. The second-order valence-corrected chi connectivity index (χ2v) is 5.41. The Labute approximate surface area is 124 Å². The topological polar surface area (TPSA) is 59.0 Å². The maximum Gasteiger partial charge on any atom is 0.254 e. The van der Waals surface area contributed by atoms with Gasteiger partial charge in [-0.15, -0.1) is 0 Å². The lowest BCUT2D eigenvalue weighted by atomic mass is 10.2. The summed E-state index contributed by atoms with van der Waals surface area (Å²) in [5, 5.41) is 10.8. The Morgan fingerprint density at radius 2 is 2.24 bits per heavy atom. The summed E-state index contributed by atoms with van der Waals surface area (Å²) in [6.07, 6.45) is 4.11. The summed E-state index contributed by atoms with van der Waals surface area (Å²) in [5.74, 6) is -0.0524. The van der Waals surface area contributed by atoms with Crippen molar-refractivity contribution in [2.24, 2.45) is 0 Å². The summed E-state index contributed by atoms with van der Waals surface area (Å²) in [4.78, 5) is 12.3. The molecule has 3 rings (SSSR count). The lowest BCUT2D eigenvalue weighted by molar-refractivity contribution is 0.0949.